The van der Waals surface area contributed by atoms with Gasteiger partial charge in [-0.2, -0.15) is 0 Å². The third kappa shape index (κ3) is 1.56. The highest BCUT2D eigenvalue weighted by molar-refractivity contribution is 6.58. The van der Waals surface area contributed by atoms with Crippen LogP contribution < -0.4 is 5.46 Å². The summed E-state index contributed by atoms with van der Waals surface area (Å²) < 4.78 is 5.48. The second-order valence-corrected chi connectivity index (χ2v) is 3.83. The fraction of sp³-hybridized carbons (Fsp3) is 0.400. The Bertz CT molecular complexity index is 334. The quantitative estimate of drug-likeness (QED) is 0.648. The maximum atomic E-state index is 9.02. The normalized spacial score (nSPS) is 25.6. The van der Waals surface area contributed by atoms with E-state index in [2.05, 4.69) is 0 Å². The molecule has 0 bridgehead atoms. The van der Waals surface area contributed by atoms with Crippen LogP contribution in [-0.4, -0.2) is 23.8 Å². The standard InChI is InChI=1S/C10H13BO3/c1-10(5-6-14-10)8-3-2-4-9(7-8)11(12)13/h2-4,7,12-13H,5-6H2,1H3/t10-/m1/s1. The molecule has 0 radical (unpaired) electrons. The van der Waals surface area contributed by atoms with E-state index in [0.29, 0.717) is 5.46 Å². The smallest absolute Gasteiger partial charge is 0.423 e. The van der Waals surface area contributed by atoms with Gasteiger partial charge < -0.3 is 14.8 Å². The Balaban J connectivity index is 2.30. The minimum atomic E-state index is -1.40. The van der Waals surface area contributed by atoms with Gasteiger partial charge in [-0.05, 0) is 17.9 Å². The summed E-state index contributed by atoms with van der Waals surface area (Å²) in [7, 11) is -1.40. The van der Waals surface area contributed by atoms with Crippen LogP contribution in [0.2, 0.25) is 0 Å². The third-order valence-corrected chi connectivity index (χ3v) is 2.80. The molecule has 0 aliphatic carbocycles. The molecule has 1 saturated heterocycles. The third-order valence-electron chi connectivity index (χ3n) is 2.80. The van der Waals surface area contributed by atoms with Crippen LogP contribution in [0.25, 0.3) is 0 Å². The largest absolute Gasteiger partial charge is 0.488 e. The van der Waals surface area contributed by atoms with Gasteiger partial charge in [0, 0.05) is 6.42 Å². The van der Waals surface area contributed by atoms with Gasteiger partial charge in [-0.1, -0.05) is 24.3 Å². The molecular weight excluding hydrogens is 179 g/mol. The molecule has 2 rings (SSSR count). The molecule has 1 aliphatic rings. The van der Waals surface area contributed by atoms with Crippen molar-refractivity contribution in [2.24, 2.45) is 0 Å². The maximum Gasteiger partial charge on any atom is 0.488 e. The molecular formula is C10H13BO3. The van der Waals surface area contributed by atoms with E-state index in [4.69, 9.17) is 14.8 Å². The summed E-state index contributed by atoms with van der Waals surface area (Å²) in [4.78, 5) is 0. The van der Waals surface area contributed by atoms with Crippen LogP contribution in [0.1, 0.15) is 18.9 Å². The summed E-state index contributed by atoms with van der Waals surface area (Å²) in [5.41, 5.74) is 1.29. The lowest BCUT2D eigenvalue weighted by Crippen LogP contribution is -2.39. The van der Waals surface area contributed by atoms with Crippen molar-refractivity contribution < 1.29 is 14.8 Å². The lowest BCUT2D eigenvalue weighted by atomic mass is 9.77. The zero-order valence-corrected chi connectivity index (χ0v) is 8.10. The van der Waals surface area contributed by atoms with Crippen LogP contribution in [0.4, 0.5) is 0 Å². The summed E-state index contributed by atoms with van der Waals surface area (Å²) in [5.74, 6) is 0. The average Bonchev–Trinajstić information content (AvgIpc) is 2.14. The zero-order valence-electron chi connectivity index (χ0n) is 8.10. The fourth-order valence-electron chi connectivity index (χ4n) is 1.66. The number of hydrogen-bond donors (Lipinski definition) is 2. The number of benzene rings is 1. The summed E-state index contributed by atoms with van der Waals surface area (Å²) in [6.45, 7) is 2.79. The SMILES string of the molecule is C[C@]1(c2cccc(B(O)O)c2)CCO1. The molecule has 14 heavy (non-hydrogen) atoms. The van der Waals surface area contributed by atoms with Gasteiger partial charge in [0.05, 0.1) is 12.2 Å². The lowest BCUT2D eigenvalue weighted by Gasteiger charge is -2.39. The first kappa shape index (κ1) is 9.71. The highest BCUT2D eigenvalue weighted by atomic mass is 16.5. The van der Waals surface area contributed by atoms with E-state index in [1.165, 1.54) is 0 Å². The van der Waals surface area contributed by atoms with Gasteiger partial charge in [0.25, 0.3) is 0 Å². The Kier molecular flexibility index (Phi) is 2.35. The summed E-state index contributed by atoms with van der Waals surface area (Å²) >= 11 is 0. The summed E-state index contributed by atoms with van der Waals surface area (Å²) in [6.07, 6.45) is 0.984. The van der Waals surface area contributed by atoms with Gasteiger partial charge >= 0.3 is 7.12 Å². The van der Waals surface area contributed by atoms with Crippen molar-refractivity contribution in [2.45, 2.75) is 18.9 Å². The molecule has 0 unspecified atom stereocenters. The second kappa shape index (κ2) is 3.39. The average molecular weight is 192 g/mol. The molecule has 1 atom stereocenters. The minimum Gasteiger partial charge on any atom is -0.423 e. The maximum absolute atomic E-state index is 9.02. The van der Waals surface area contributed by atoms with Crippen molar-refractivity contribution in [3.63, 3.8) is 0 Å². The molecule has 0 saturated carbocycles. The van der Waals surface area contributed by atoms with Crippen LogP contribution in [-0.2, 0) is 10.3 Å². The Morgan fingerprint density at radius 3 is 2.64 bits per heavy atom. The van der Waals surface area contributed by atoms with E-state index in [0.717, 1.165) is 18.6 Å². The first-order valence-electron chi connectivity index (χ1n) is 4.72. The topological polar surface area (TPSA) is 49.7 Å². The van der Waals surface area contributed by atoms with Crippen LogP contribution in [0.5, 0.6) is 0 Å². The van der Waals surface area contributed by atoms with Crippen LogP contribution >= 0.6 is 0 Å². The molecule has 0 amide bonds. The van der Waals surface area contributed by atoms with Crippen LogP contribution in [0.3, 0.4) is 0 Å². The van der Waals surface area contributed by atoms with E-state index in [-0.39, 0.29) is 5.60 Å². The Morgan fingerprint density at radius 2 is 2.14 bits per heavy atom. The molecule has 1 heterocycles. The van der Waals surface area contributed by atoms with Crippen LogP contribution in [0.15, 0.2) is 24.3 Å². The van der Waals surface area contributed by atoms with E-state index in [1.807, 2.05) is 19.1 Å². The van der Waals surface area contributed by atoms with Crippen molar-refractivity contribution >= 4 is 12.6 Å². The Labute approximate surface area is 83.5 Å². The first-order chi connectivity index (χ1) is 6.62. The summed E-state index contributed by atoms with van der Waals surface area (Å²) in [5, 5.41) is 18.0. The highest BCUT2D eigenvalue weighted by Gasteiger charge is 2.35. The van der Waals surface area contributed by atoms with Crippen molar-refractivity contribution in [1.29, 1.82) is 0 Å². The second-order valence-electron chi connectivity index (χ2n) is 3.83. The fourth-order valence-corrected chi connectivity index (χ4v) is 1.66. The van der Waals surface area contributed by atoms with Gasteiger partial charge in [0.1, 0.15) is 0 Å². The molecule has 3 nitrogen and oxygen atoms in total. The van der Waals surface area contributed by atoms with Crippen LogP contribution in [0, 0.1) is 0 Å². The van der Waals surface area contributed by atoms with Gasteiger partial charge in [0.2, 0.25) is 0 Å². The number of ether oxygens (including phenoxy) is 1. The Morgan fingerprint density at radius 1 is 1.43 bits per heavy atom. The van der Waals surface area contributed by atoms with E-state index in [1.54, 1.807) is 12.1 Å². The summed E-state index contributed by atoms with van der Waals surface area (Å²) in [6, 6.07) is 7.24. The molecule has 0 spiro atoms. The molecule has 74 valence electrons. The molecule has 4 heteroatoms. The minimum absolute atomic E-state index is 0.231. The highest BCUT2D eigenvalue weighted by Crippen LogP contribution is 2.35. The van der Waals surface area contributed by atoms with E-state index < -0.39 is 7.12 Å². The zero-order chi connectivity index (χ0) is 10.2. The van der Waals surface area contributed by atoms with Crippen molar-refractivity contribution in [2.75, 3.05) is 6.61 Å². The van der Waals surface area contributed by atoms with Crippen molar-refractivity contribution in [3.05, 3.63) is 29.8 Å². The Hall–Kier alpha value is -0.835. The monoisotopic (exact) mass is 192 g/mol. The first-order valence-corrected chi connectivity index (χ1v) is 4.72. The van der Waals surface area contributed by atoms with Crippen molar-refractivity contribution in [3.8, 4) is 0 Å². The molecule has 1 aromatic rings. The molecule has 0 aromatic heterocycles. The van der Waals surface area contributed by atoms with Gasteiger partial charge in [-0.3, -0.25) is 0 Å². The van der Waals surface area contributed by atoms with Gasteiger partial charge in [0.15, 0.2) is 0 Å². The lowest BCUT2D eigenvalue weighted by molar-refractivity contribution is -0.140. The predicted molar refractivity (Wildman–Crippen MR) is 54.2 cm³/mol. The molecule has 1 fully saturated rings. The van der Waals surface area contributed by atoms with Gasteiger partial charge in [-0.15, -0.1) is 0 Å². The predicted octanol–water partition coefficient (Wildman–Crippen LogP) is 0.00190. The van der Waals surface area contributed by atoms with E-state index >= 15 is 0 Å². The number of hydrogen-bond acceptors (Lipinski definition) is 3. The molecule has 1 aliphatic heterocycles. The van der Waals surface area contributed by atoms with E-state index in [9.17, 15) is 0 Å². The molecule has 2 N–H and O–H groups in total. The number of rotatable bonds is 2. The van der Waals surface area contributed by atoms with Gasteiger partial charge in [-0.25, -0.2) is 0 Å². The molecule has 1 aromatic carbocycles. The van der Waals surface area contributed by atoms with Crippen molar-refractivity contribution in [1.82, 2.24) is 0 Å².